The molecule has 8 heteroatoms. The summed E-state index contributed by atoms with van der Waals surface area (Å²) in [5.74, 6) is -1.13. The number of hydrogen-bond donors (Lipinski definition) is 2. The van der Waals surface area contributed by atoms with E-state index in [1.165, 1.54) is 25.3 Å². The zero-order valence-electron chi connectivity index (χ0n) is 10.0. The first-order chi connectivity index (χ1) is 8.99. The molecule has 19 heavy (non-hydrogen) atoms. The second-order valence-corrected chi connectivity index (χ2v) is 3.64. The lowest BCUT2D eigenvalue weighted by atomic mass is 10.1. The SMILES string of the molecule is COc1ccc(C[C@H](NC=O)C(=O)O)cc1[N+](=O)[O-]. The van der Waals surface area contributed by atoms with E-state index >= 15 is 0 Å². The zero-order chi connectivity index (χ0) is 14.4. The third-order valence-electron chi connectivity index (χ3n) is 2.45. The number of benzene rings is 1. The van der Waals surface area contributed by atoms with Gasteiger partial charge in [0.2, 0.25) is 6.41 Å². The number of nitrogens with one attached hydrogen (secondary N) is 1. The van der Waals surface area contributed by atoms with Crippen LogP contribution in [0.5, 0.6) is 5.75 Å². The van der Waals surface area contributed by atoms with Gasteiger partial charge in [-0.1, -0.05) is 6.07 Å². The summed E-state index contributed by atoms with van der Waals surface area (Å²) in [7, 11) is 1.30. The first kappa shape index (κ1) is 14.4. The lowest BCUT2D eigenvalue weighted by molar-refractivity contribution is -0.385. The van der Waals surface area contributed by atoms with Crippen LogP contribution in [0.3, 0.4) is 0 Å². The van der Waals surface area contributed by atoms with E-state index in [1.54, 1.807) is 0 Å². The Morgan fingerprint density at radius 1 is 1.63 bits per heavy atom. The highest BCUT2D eigenvalue weighted by Gasteiger charge is 2.20. The van der Waals surface area contributed by atoms with Crippen molar-refractivity contribution in [3.63, 3.8) is 0 Å². The first-order valence-electron chi connectivity index (χ1n) is 5.23. The molecule has 2 N–H and O–H groups in total. The number of carboxylic acids is 1. The Morgan fingerprint density at radius 2 is 2.32 bits per heavy atom. The number of carboxylic acid groups (broad SMARTS) is 1. The second kappa shape index (κ2) is 6.34. The van der Waals surface area contributed by atoms with E-state index in [4.69, 9.17) is 9.84 Å². The molecule has 0 fully saturated rings. The summed E-state index contributed by atoms with van der Waals surface area (Å²) in [6.07, 6.45) is 0.218. The highest BCUT2D eigenvalue weighted by Crippen LogP contribution is 2.27. The van der Waals surface area contributed by atoms with E-state index in [-0.39, 0.29) is 24.3 Å². The van der Waals surface area contributed by atoms with E-state index in [0.29, 0.717) is 5.56 Å². The van der Waals surface area contributed by atoms with Crippen LogP contribution >= 0.6 is 0 Å². The van der Waals surface area contributed by atoms with Crippen molar-refractivity contribution in [2.45, 2.75) is 12.5 Å². The van der Waals surface area contributed by atoms with Gasteiger partial charge in [0.1, 0.15) is 6.04 Å². The molecule has 0 heterocycles. The van der Waals surface area contributed by atoms with E-state index < -0.39 is 16.9 Å². The fourth-order valence-electron chi connectivity index (χ4n) is 1.54. The van der Waals surface area contributed by atoms with Gasteiger partial charge in [0.05, 0.1) is 12.0 Å². The molecule has 0 radical (unpaired) electrons. The van der Waals surface area contributed by atoms with Gasteiger partial charge in [0.25, 0.3) is 0 Å². The van der Waals surface area contributed by atoms with Crippen molar-refractivity contribution in [3.8, 4) is 5.75 Å². The Morgan fingerprint density at radius 3 is 2.79 bits per heavy atom. The van der Waals surface area contributed by atoms with Crippen molar-refractivity contribution >= 4 is 18.1 Å². The molecule has 0 unspecified atom stereocenters. The topological polar surface area (TPSA) is 119 Å². The lowest BCUT2D eigenvalue weighted by Crippen LogP contribution is -2.37. The van der Waals surface area contributed by atoms with Crippen LogP contribution < -0.4 is 10.1 Å². The molecule has 0 spiro atoms. The van der Waals surface area contributed by atoms with E-state index in [9.17, 15) is 19.7 Å². The van der Waals surface area contributed by atoms with Crippen molar-refractivity contribution in [2.24, 2.45) is 0 Å². The van der Waals surface area contributed by atoms with Gasteiger partial charge in [0.15, 0.2) is 5.75 Å². The Kier molecular flexibility index (Phi) is 4.81. The molecule has 1 amide bonds. The molecule has 0 aliphatic rings. The highest BCUT2D eigenvalue weighted by molar-refractivity contribution is 5.76. The van der Waals surface area contributed by atoms with Gasteiger partial charge in [-0.2, -0.15) is 0 Å². The predicted molar refractivity (Wildman–Crippen MR) is 64.0 cm³/mol. The van der Waals surface area contributed by atoms with Gasteiger partial charge >= 0.3 is 11.7 Å². The quantitative estimate of drug-likeness (QED) is 0.418. The van der Waals surface area contributed by atoms with E-state index in [0.717, 1.165) is 0 Å². The molecule has 0 saturated heterocycles. The lowest BCUT2D eigenvalue weighted by Gasteiger charge is -2.11. The standard InChI is InChI=1S/C11H12N2O6/c1-19-10-3-2-7(5-9(10)13(17)18)4-8(11(15)16)12-6-14/h2-3,5-6,8H,4H2,1H3,(H,12,14)(H,15,16)/t8-/m0/s1. The smallest absolute Gasteiger partial charge is 0.326 e. The normalized spacial score (nSPS) is 11.4. The minimum atomic E-state index is -1.22. The monoisotopic (exact) mass is 268 g/mol. The number of carbonyl (C=O) groups excluding carboxylic acids is 1. The van der Waals surface area contributed by atoms with Crippen molar-refractivity contribution in [3.05, 3.63) is 33.9 Å². The summed E-state index contributed by atoms with van der Waals surface area (Å²) in [6, 6.07) is 2.98. The number of hydrogen-bond acceptors (Lipinski definition) is 5. The largest absolute Gasteiger partial charge is 0.490 e. The molecular weight excluding hydrogens is 256 g/mol. The predicted octanol–water partition coefficient (Wildman–Crippen LogP) is 0.345. The van der Waals surface area contributed by atoms with Gasteiger partial charge < -0.3 is 15.2 Å². The van der Waals surface area contributed by atoms with E-state index in [1.807, 2.05) is 0 Å². The summed E-state index contributed by atoms with van der Waals surface area (Å²) in [5.41, 5.74) is 0.157. The number of aliphatic carboxylic acids is 1. The van der Waals surface area contributed by atoms with Crippen LogP contribution in [0.25, 0.3) is 0 Å². The van der Waals surface area contributed by atoms with E-state index in [2.05, 4.69) is 5.32 Å². The second-order valence-electron chi connectivity index (χ2n) is 3.64. The molecule has 8 nitrogen and oxygen atoms in total. The number of nitro groups is 1. The van der Waals surface area contributed by atoms with Gasteiger partial charge in [-0.05, 0) is 11.6 Å². The number of carbonyl (C=O) groups is 2. The third-order valence-corrected chi connectivity index (χ3v) is 2.45. The van der Waals surface area contributed by atoms with Crippen LogP contribution in [0.1, 0.15) is 5.56 Å². The summed E-state index contributed by atoms with van der Waals surface area (Å²) in [6.45, 7) is 0. The molecule has 0 aromatic heterocycles. The number of methoxy groups -OCH3 is 1. The van der Waals surface area contributed by atoms with Crippen molar-refractivity contribution in [1.82, 2.24) is 5.32 Å². The van der Waals surface area contributed by atoms with Crippen LogP contribution in [0.2, 0.25) is 0 Å². The fourth-order valence-corrected chi connectivity index (χ4v) is 1.54. The molecular formula is C11H12N2O6. The Bertz CT molecular complexity index is 502. The maximum atomic E-state index is 10.9. The van der Waals surface area contributed by atoms with Gasteiger partial charge in [-0.3, -0.25) is 14.9 Å². The van der Waals surface area contributed by atoms with Gasteiger partial charge in [0, 0.05) is 12.5 Å². The Balaban J connectivity index is 3.01. The molecule has 0 aliphatic heterocycles. The molecule has 0 saturated carbocycles. The zero-order valence-corrected chi connectivity index (χ0v) is 10.0. The van der Waals surface area contributed by atoms with Crippen LogP contribution in [0, 0.1) is 10.1 Å². The van der Waals surface area contributed by atoms with Crippen molar-refractivity contribution in [1.29, 1.82) is 0 Å². The maximum absolute atomic E-state index is 10.9. The Hall–Kier alpha value is -2.64. The van der Waals surface area contributed by atoms with Crippen LogP contribution in [-0.4, -0.2) is 35.6 Å². The molecule has 0 bridgehead atoms. The number of nitrogens with zero attached hydrogens (tertiary/aromatic N) is 1. The van der Waals surface area contributed by atoms with Crippen molar-refractivity contribution in [2.75, 3.05) is 7.11 Å². The van der Waals surface area contributed by atoms with Crippen LogP contribution in [0.15, 0.2) is 18.2 Å². The summed E-state index contributed by atoms with van der Waals surface area (Å²) < 4.78 is 4.83. The average molecular weight is 268 g/mol. The number of amides is 1. The molecule has 102 valence electrons. The number of ether oxygens (including phenoxy) is 1. The van der Waals surface area contributed by atoms with Crippen LogP contribution in [-0.2, 0) is 16.0 Å². The van der Waals surface area contributed by atoms with Crippen LogP contribution in [0.4, 0.5) is 5.69 Å². The summed E-state index contributed by atoms with van der Waals surface area (Å²) in [5, 5.41) is 21.8. The van der Waals surface area contributed by atoms with Crippen molar-refractivity contribution < 1.29 is 24.4 Å². The fraction of sp³-hybridized carbons (Fsp3) is 0.273. The minimum Gasteiger partial charge on any atom is -0.490 e. The minimum absolute atomic E-state index is 0.0566. The van der Waals surface area contributed by atoms with Gasteiger partial charge in [-0.15, -0.1) is 0 Å². The Labute approximate surface area is 108 Å². The first-order valence-corrected chi connectivity index (χ1v) is 5.23. The van der Waals surface area contributed by atoms with Gasteiger partial charge in [-0.25, -0.2) is 4.79 Å². The summed E-state index contributed by atoms with van der Waals surface area (Å²) >= 11 is 0. The highest BCUT2D eigenvalue weighted by atomic mass is 16.6. The molecule has 1 atom stereocenters. The average Bonchev–Trinajstić information content (AvgIpc) is 2.37. The number of nitro benzene ring substituents is 1. The third kappa shape index (κ3) is 3.66. The summed E-state index contributed by atoms with van der Waals surface area (Å²) in [4.78, 5) is 31.3. The number of rotatable bonds is 7. The molecule has 1 aromatic carbocycles. The molecule has 1 rings (SSSR count). The maximum Gasteiger partial charge on any atom is 0.326 e. The molecule has 1 aromatic rings. The molecule has 0 aliphatic carbocycles.